The fourth-order valence-electron chi connectivity index (χ4n) is 1.85. The van der Waals surface area contributed by atoms with Crippen molar-refractivity contribution in [2.45, 2.75) is 0 Å². The monoisotopic (exact) mass is 270 g/mol. The maximum Gasteiger partial charge on any atom is 0.157 e. The first-order valence-corrected chi connectivity index (χ1v) is 6.14. The number of benzene rings is 1. The van der Waals surface area contributed by atoms with E-state index >= 15 is 0 Å². The molecule has 0 aliphatic carbocycles. The van der Waals surface area contributed by atoms with Crippen molar-refractivity contribution in [2.24, 2.45) is 0 Å². The van der Waals surface area contributed by atoms with Crippen LogP contribution in [-0.4, -0.2) is 14.8 Å². The van der Waals surface area contributed by atoms with Gasteiger partial charge in [0.2, 0.25) is 0 Å². The Kier molecular flexibility index (Phi) is 2.93. The van der Waals surface area contributed by atoms with Crippen molar-refractivity contribution in [1.82, 2.24) is 14.8 Å². The minimum absolute atomic E-state index is 0.353. The summed E-state index contributed by atoms with van der Waals surface area (Å²) in [5.74, 6) is 0.604. The summed E-state index contributed by atoms with van der Waals surface area (Å²) in [5, 5.41) is 4.64. The normalized spacial score (nSPS) is 10.6. The zero-order valence-electron chi connectivity index (χ0n) is 9.99. The van der Waals surface area contributed by atoms with Crippen molar-refractivity contribution in [1.29, 1.82) is 0 Å². The fourth-order valence-corrected chi connectivity index (χ4v) is 2.06. The summed E-state index contributed by atoms with van der Waals surface area (Å²) < 4.78 is 1.66. The van der Waals surface area contributed by atoms with Gasteiger partial charge in [-0.25, -0.2) is 9.67 Å². The lowest BCUT2D eigenvalue weighted by Crippen LogP contribution is -1.99. The Morgan fingerprint density at radius 3 is 2.58 bits per heavy atom. The summed E-state index contributed by atoms with van der Waals surface area (Å²) in [6.07, 6.45) is 3.68. The van der Waals surface area contributed by atoms with Crippen molar-refractivity contribution in [2.75, 3.05) is 5.73 Å². The van der Waals surface area contributed by atoms with E-state index in [0.29, 0.717) is 16.7 Å². The maximum atomic E-state index is 5.89. The third-order valence-electron chi connectivity index (χ3n) is 2.73. The molecule has 0 atom stereocenters. The molecule has 3 rings (SSSR count). The number of aromatic nitrogens is 3. The molecule has 5 heteroatoms. The van der Waals surface area contributed by atoms with Gasteiger partial charge < -0.3 is 5.73 Å². The highest BCUT2D eigenvalue weighted by Gasteiger charge is 2.05. The lowest BCUT2D eigenvalue weighted by atomic mass is 10.1. The first-order chi connectivity index (χ1) is 9.22. The molecule has 0 aliphatic heterocycles. The summed E-state index contributed by atoms with van der Waals surface area (Å²) in [6, 6.07) is 13.3. The molecule has 2 N–H and O–H groups in total. The van der Waals surface area contributed by atoms with Crippen LogP contribution in [0.4, 0.5) is 5.69 Å². The number of anilines is 1. The predicted molar refractivity (Wildman–Crippen MR) is 76.2 cm³/mol. The van der Waals surface area contributed by atoms with Crippen LogP contribution in [0, 0.1) is 0 Å². The van der Waals surface area contributed by atoms with Crippen LogP contribution in [0.15, 0.2) is 54.9 Å². The molecule has 0 saturated carbocycles. The van der Waals surface area contributed by atoms with Gasteiger partial charge in [-0.1, -0.05) is 41.9 Å². The van der Waals surface area contributed by atoms with Crippen LogP contribution in [0.5, 0.6) is 0 Å². The van der Waals surface area contributed by atoms with Crippen LogP contribution < -0.4 is 5.73 Å². The molecule has 4 nitrogen and oxygen atoms in total. The first-order valence-electron chi connectivity index (χ1n) is 5.76. The smallest absolute Gasteiger partial charge is 0.157 e. The molecule has 0 unspecified atom stereocenters. The van der Waals surface area contributed by atoms with Gasteiger partial charge in [0.15, 0.2) is 5.82 Å². The summed E-state index contributed by atoms with van der Waals surface area (Å²) in [7, 11) is 0. The van der Waals surface area contributed by atoms with Gasteiger partial charge >= 0.3 is 0 Å². The topological polar surface area (TPSA) is 56.7 Å². The molecule has 0 spiro atoms. The van der Waals surface area contributed by atoms with Crippen molar-refractivity contribution in [3.8, 4) is 16.9 Å². The predicted octanol–water partition coefficient (Wildman–Crippen LogP) is 3.17. The van der Waals surface area contributed by atoms with E-state index < -0.39 is 0 Å². The number of nitrogens with two attached hydrogens (primary N) is 1. The van der Waals surface area contributed by atoms with Crippen LogP contribution in [0.1, 0.15) is 0 Å². The van der Waals surface area contributed by atoms with Gasteiger partial charge in [-0.05, 0) is 11.6 Å². The van der Waals surface area contributed by atoms with Gasteiger partial charge in [0.05, 0.1) is 6.20 Å². The standard InChI is InChI=1S/C14H11ClN4/c15-13-6-12(16)7-14(18-13)19-9-11(8-17-19)10-4-2-1-3-5-10/h1-9H,(H2,16,18). The third kappa shape index (κ3) is 2.44. The molecule has 0 saturated heterocycles. The van der Waals surface area contributed by atoms with Crippen LogP contribution in [0.2, 0.25) is 5.15 Å². The second-order valence-corrected chi connectivity index (χ2v) is 4.51. The SMILES string of the molecule is Nc1cc(Cl)nc(-n2cc(-c3ccccc3)cn2)c1. The number of pyridine rings is 1. The lowest BCUT2D eigenvalue weighted by Gasteiger charge is -2.02. The highest BCUT2D eigenvalue weighted by atomic mass is 35.5. The Labute approximate surface area is 115 Å². The van der Waals surface area contributed by atoms with Crippen molar-refractivity contribution in [3.05, 3.63) is 60.0 Å². The average molecular weight is 271 g/mol. The Balaban J connectivity index is 2.02. The lowest BCUT2D eigenvalue weighted by molar-refractivity contribution is 0.848. The van der Waals surface area contributed by atoms with Gasteiger partial charge in [-0.3, -0.25) is 0 Å². The molecule has 0 bridgehead atoms. The molecule has 3 aromatic rings. The molecule has 0 fully saturated rings. The Hall–Kier alpha value is -2.33. The minimum Gasteiger partial charge on any atom is -0.399 e. The molecular weight excluding hydrogens is 260 g/mol. The molecule has 0 amide bonds. The second-order valence-electron chi connectivity index (χ2n) is 4.12. The van der Waals surface area contributed by atoms with Gasteiger partial charge in [0.1, 0.15) is 5.15 Å². The van der Waals surface area contributed by atoms with E-state index in [1.54, 1.807) is 23.0 Å². The van der Waals surface area contributed by atoms with E-state index in [1.807, 2.05) is 36.5 Å². The third-order valence-corrected chi connectivity index (χ3v) is 2.92. The zero-order chi connectivity index (χ0) is 13.2. The summed E-state index contributed by atoms with van der Waals surface area (Å²) in [4.78, 5) is 4.20. The summed E-state index contributed by atoms with van der Waals surface area (Å²) in [5.41, 5.74) is 8.43. The Morgan fingerprint density at radius 2 is 1.84 bits per heavy atom. The van der Waals surface area contributed by atoms with E-state index in [2.05, 4.69) is 10.1 Å². The van der Waals surface area contributed by atoms with Gasteiger partial charge in [-0.2, -0.15) is 5.10 Å². The highest BCUT2D eigenvalue weighted by molar-refractivity contribution is 6.29. The maximum absolute atomic E-state index is 5.89. The molecule has 0 aliphatic rings. The Bertz CT molecular complexity index is 686. The average Bonchev–Trinajstić information content (AvgIpc) is 2.88. The van der Waals surface area contributed by atoms with Gasteiger partial charge in [0, 0.05) is 23.5 Å². The highest BCUT2D eigenvalue weighted by Crippen LogP contribution is 2.20. The van der Waals surface area contributed by atoms with Crippen molar-refractivity contribution < 1.29 is 0 Å². The molecule has 0 radical (unpaired) electrons. The molecule has 2 heterocycles. The van der Waals surface area contributed by atoms with Crippen LogP contribution in [-0.2, 0) is 0 Å². The number of hydrogen-bond donors (Lipinski definition) is 1. The number of halogens is 1. The van der Waals surface area contributed by atoms with Gasteiger partial charge in [-0.15, -0.1) is 0 Å². The van der Waals surface area contributed by atoms with E-state index in [9.17, 15) is 0 Å². The van der Waals surface area contributed by atoms with E-state index in [0.717, 1.165) is 11.1 Å². The number of rotatable bonds is 2. The van der Waals surface area contributed by atoms with E-state index in [-0.39, 0.29) is 0 Å². The molecule has 94 valence electrons. The quantitative estimate of drug-likeness (QED) is 0.728. The molecule has 19 heavy (non-hydrogen) atoms. The first kappa shape index (κ1) is 11.7. The number of nitrogens with zero attached hydrogens (tertiary/aromatic N) is 3. The minimum atomic E-state index is 0.353. The summed E-state index contributed by atoms with van der Waals surface area (Å²) in [6.45, 7) is 0. The molecule has 2 aromatic heterocycles. The van der Waals surface area contributed by atoms with E-state index in [1.165, 1.54) is 0 Å². The Morgan fingerprint density at radius 1 is 1.05 bits per heavy atom. The number of hydrogen-bond acceptors (Lipinski definition) is 3. The second kappa shape index (κ2) is 4.74. The van der Waals surface area contributed by atoms with Crippen LogP contribution in [0.25, 0.3) is 16.9 Å². The van der Waals surface area contributed by atoms with Gasteiger partial charge in [0.25, 0.3) is 0 Å². The number of nitrogen functional groups attached to an aromatic ring is 1. The summed E-state index contributed by atoms with van der Waals surface area (Å²) >= 11 is 5.89. The van der Waals surface area contributed by atoms with Crippen LogP contribution >= 0.6 is 11.6 Å². The fraction of sp³-hybridized carbons (Fsp3) is 0. The molecular formula is C14H11ClN4. The van der Waals surface area contributed by atoms with E-state index in [4.69, 9.17) is 17.3 Å². The molecule has 1 aromatic carbocycles. The zero-order valence-corrected chi connectivity index (χ0v) is 10.7. The van der Waals surface area contributed by atoms with Crippen molar-refractivity contribution >= 4 is 17.3 Å². The van der Waals surface area contributed by atoms with Crippen molar-refractivity contribution in [3.63, 3.8) is 0 Å². The van der Waals surface area contributed by atoms with Crippen LogP contribution in [0.3, 0.4) is 0 Å². The largest absolute Gasteiger partial charge is 0.399 e.